The molecule has 1 heteroatoms. The van der Waals surface area contributed by atoms with Crippen molar-refractivity contribution in [1.82, 2.24) is 5.73 Å². The van der Waals surface area contributed by atoms with Gasteiger partial charge in [-0.2, -0.15) is 0 Å². The average molecular weight is 134 g/mol. The second-order valence-electron chi connectivity index (χ2n) is 2.45. The molecular weight excluding hydrogens is 122 g/mol. The third-order valence-electron chi connectivity index (χ3n) is 1.49. The molecule has 0 spiro atoms. The lowest BCUT2D eigenvalue weighted by molar-refractivity contribution is 0.922. The van der Waals surface area contributed by atoms with Crippen LogP contribution in [0.2, 0.25) is 0 Å². The van der Waals surface area contributed by atoms with Crippen molar-refractivity contribution in [3.8, 4) is 0 Å². The van der Waals surface area contributed by atoms with Crippen molar-refractivity contribution in [2.24, 2.45) is 0 Å². The molecule has 1 rings (SSSR count). The lowest BCUT2D eigenvalue weighted by Crippen LogP contribution is -1.80. The molecule has 1 nitrogen and oxygen atoms in total. The summed E-state index contributed by atoms with van der Waals surface area (Å²) in [5.74, 6) is 0. The zero-order valence-corrected chi connectivity index (χ0v) is 6.22. The Balaban J connectivity index is 2.69. The van der Waals surface area contributed by atoms with Crippen molar-refractivity contribution < 1.29 is 0 Å². The molecular formula is C9H12N. The van der Waals surface area contributed by atoms with Crippen molar-refractivity contribution in [3.63, 3.8) is 0 Å². The number of nitrogens with one attached hydrogen (secondary N) is 1. The SMILES string of the molecule is CCCc1ccc([NH])cc1. The Kier molecular flexibility index (Phi) is 2.32. The zero-order chi connectivity index (χ0) is 7.40. The quantitative estimate of drug-likeness (QED) is 0.593. The van der Waals surface area contributed by atoms with E-state index in [9.17, 15) is 0 Å². The molecule has 0 fully saturated rings. The van der Waals surface area contributed by atoms with E-state index in [0.29, 0.717) is 5.69 Å². The Morgan fingerprint density at radius 2 is 1.80 bits per heavy atom. The fraction of sp³-hybridized carbons (Fsp3) is 0.333. The van der Waals surface area contributed by atoms with Crippen LogP contribution in [0.1, 0.15) is 18.9 Å². The molecule has 0 aromatic heterocycles. The zero-order valence-electron chi connectivity index (χ0n) is 6.22. The fourth-order valence-corrected chi connectivity index (χ4v) is 0.960. The van der Waals surface area contributed by atoms with Gasteiger partial charge in [0.25, 0.3) is 0 Å². The van der Waals surface area contributed by atoms with Gasteiger partial charge < -0.3 is 5.73 Å². The van der Waals surface area contributed by atoms with Crippen molar-refractivity contribution in [3.05, 3.63) is 29.8 Å². The van der Waals surface area contributed by atoms with Gasteiger partial charge in [0.1, 0.15) is 0 Å². The molecule has 1 aromatic rings. The molecule has 0 aliphatic rings. The summed E-state index contributed by atoms with van der Waals surface area (Å²) < 4.78 is 0. The third-order valence-corrected chi connectivity index (χ3v) is 1.49. The van der Waals surface area contributed by atoms with E-state index in [0.717, 1.165) is 6.42 Å². The van der Waals surface area contributed by atoms with Gasteiger partial charge in [0.15, 0.2) is 0 Å². The van der Waals surface area contributed by atoms with E-state index in [1.807, 2.05) is 24.3 Å². The van der Waals surface area contributed by atoms with Crippen LogP contribution in [0.15, 0.2) is 24.3 Å². The number of benzene rings is 1. The molecule has 0 amide bonds. The molecule has 0 saturated carbocycles. The van der Waals surface area contributed by atoms with Gasteiger partial charge in [-0.25, -0.2) is 0 Å². The minimum atomic E-state index is 0.597. The van der Waals surface area contributed by atoms with E-state index in [2.05, 4.69) is 6.92 Å². The van der Waals surface area contributed by atoms with Gasteiger partial charge >= 0.3 is 0 Å². The van der Waals surface area contributed by atoms with E-state index >= 15 is 0 Å². The minimum absolute atomic E-state index is 0.597. The van der Waals surface area contributed by atoms with E-state index < -0.39 is 0 Å². The molecule has 0 aliphatic carbocycles. The highest BCUT2D eigenvalue weighted by atomic mass is 14.5. The van der Waals surface area contributed by atoms with Crippen molar-refractivity contribution in [2.45, 2.75) is 19.8 Å². The van der Waals surface area contributed by atoms with Gasteiger partial charge in [0, 0.05) is 0 Å². The summed E-state index contributed by atoms with van der Waals surface area (Å²) in [7, 11) is 0. The highest BCUT2D eigenvalue weighted by Gasteiger charge is 1.88. The average Bonchev–Trinajstić information content (AvgIpc) is 1.95. The van der Waals surface area contributed by atoms with Crippen molar-refractivity contribution in [1.29, 1.82) is 0 Å². The van der Waals surface area contributed by atoms with Crippen LogP contribution in [0.4, 0.5) is 5.69 Å². The molecule has 0 bridgehead atoms. The van der Waals surface area contributed by atoms with Gasteiger partial charge in [-0.1, -0.05) is 25.5 Å². The number of rotatable bonds is 2. The Bertz CT molecular complexity index is 188. The Morgan fingerprint density at radius 1 is 1.20 bits per heavy atom. The van der Waals surface area contributed by atoms with Crippen LogP contribution in [-0.4, -0.2) is 0 Å². The maximum Gasteiger partial charge on any atom is 0.0540 e. The fourth-order valence-electron chi connectivity index (χ4n) is 0.960. The first kappa shape index (κ1) is 7.13. The smallest absolute Gasteiger partial charge is 0.0540 e. The molecule has 53 valence electrons. The topological polar surface area (TPSA) is 23.8 Å². The van der Waals surface area contributed by atoms with Crippen LogP contribution in [0.25, 0.3) is 0 Å². The van der Waals surface area contributed by atoms with Crippen LogP contribution in [-0.2, 0) is 6.42 Å². The van der Waals surface area contributed by atoms with Crippen molar-refractivity contribution >= 4 is 5.69 Å². The monoisotopic (exact) mass is 134 g/mol. The standard InChI is InChI=1S/C9H12N/c1-2-3-8-4-6-9(10)7-5-8/h4-7,10H,2-3H2,1H3. The maximum absolute atomic E-state index is 7.22. The molecule has 0 unspecified atom stereocenters. The summed E-state index contributed by atoms with van der Waals surface area (Å²) in [5.41, 5.74) is 9.15. The highest BCUT2D eigenvalue weighted by molar-refractivity contribution is 5.35. The predicted octanol–water partition coefficient (Wildman–Crippen LogP) is 2.55. The van der Waals surface area contributed by atoms with Gasteiger partial charge in [0.05, 0.1) is 5.69 Å². The summed E-state index contributed by atoms with van der Waals surface area (Å²) in [4.78, 5) is 0. The summed E-state index contributed by atoms with van der Waals surface area (Å²) in [6.45, 7) is 2.16. The summed E-state index contributed by atoms with van der Waals surface area (Å²) >= 11 is 0. The predicted molar refractivity (Wildman–Crippen MR) is 43.2 cm³/mol. The lowest BCUT2D eigenvalue weighted by Gasteiger charge is -1.96. The largest absolute Gasteiger partial charge is 0.301 e. The first-order chi connectivity index (χ1) is 4.83. The van der Waals surface area contributed by atoms with Gasteiger partial charge in [-0.3, -0.25) is 0 Å². The molecule has 0 atom stereocenters. The Morgan fingerprint density at radius 3 is 2.30 bits per heavy atom. The molecule has 0 heterocycles. The van der Waals surface area contributed by atoms with E-state index in [1.54, 1.807) is 0 Å². The third kappa shape index (κ3) is 1.76. The molecule has 0 aliphatic heterocycles. The van der Waals surface area contributed by atoms with Crippen LogP contribution in [0.5, 0.6) is 0 Å². The summed E-state index contributed by atoms with van der Waals surface area (Å²) in [6.07, 6.45) is 2.30. The van der Waals surface area contributed by atoms with Gasteiger partial charge in [-0.05, 0) is 24.1 Å². The van der Waals surface area contributed by atoms with Crippen LogP contribution < -0.4 is 5.73 Å². The first-order valence-corrected chi connectivity index (χ1v) is 3.63. The molecule has 1 aromatic carbocycles. The van der Waals surface area contributed by atoms with E-state index in [4.69, 9.17) is 5.73 Å². The van der Waals surface area contributed by atoms with E-state index in [1.165, 1.54) is 12.0 Å². The van der Waals surface area contributed by atoms with Crippen molar-refractivity contribution in [2.75, 3.05) is 0 Å². The molecule has 1 radical (unpaired) electrons. The second kappa shape index (κ2) is 3.25. The van der Waals surface area contributed by atoms with Crippen LogP contribution in [0, 0.1) is 0 Å². The second-order valence-corrected chi connectivity index (χ2v) is 2.45. The molecule has 1 N–H and O–H groups in total. The minimum Gasteiger partial charge on any atom is -0.301 e. The first-order valence-electron chi connectivity index (χ1n) is 3.63. The summed E-state index contributed by atoms with van der Waals surface area (Å²) in [6, 6.07) is 7.72. The number of aryl methyl sites for hydroxylation is 1. The highest BCUT2D eigenvalue weighted by Crippen LogP contribution is 2.07. The Labute approximate surface area is 61.9 Å². The lowest BCUT2D eigenvalue weighted by atomic mass is 10.1. The van der Waals surface area contributed by atoms with Crippen LogP contribution in [0.3, 0.4) is 0 Å². The van der Waals surface area contributed by atoms with E-state index in [-0.39, 0.29) is 0 Å². The number of hydrogen-bond donors (Lipinski definition) is 0. The molecule has 0 saturated heterocycles. The molecule has 10 heavy (non-hydrogen) atoms. The maximum atomic E-state index is 7.22. The Hall–Kier alpha value is -0.980. The van der Waals surface area contributed by atoms with Gasteiger partial charge in [0.2, 0.25) is 0 Å². The summed E-state index contributed by atoms with van der Waals surface area (Å²) in [5, 5.41) is 0. The van der Waals surface area contributed by atoms with Crippen LogP contribution >= 0.6 is 0 Å². The number of hydrogen-bond acceptors (Lipinski definition) is 0. The normalized spacial score (nSPS) is 9.70. The van der Waals surface area contributed by atoms with Gasteiger partial charge in [-0.15, -0.1) is 0 Å².